The zero-order chi connectivity index (χ0) is 20.7. The number of carbonyl (C=O) groups is 1. The molecule has 2 N–H and O–H groups in total. The van der Waals surface area contributed by atoms with Crippen molar-refractivity contribution in [1.82, 2.24) is 5.32 Å². The van der Waals surface area contributed by atoms with Crippen molar-refractivity contribution in [3.8, 4) is 5.75 Å². The van der Waals surface area contributed by atoms with Gasteiger partial charge in [-0.2, -0.15) is 0 Å². The monoisotopic (exact) mass is 430 g/mol. The molecule has 8 heteroatoms. The molecule has 1 amide bonds. The van der Waals surface area contributed by atoms with E-state index in [2.05, 4.69) is 10.0 Å². The summed E-state index contributed by atoms with van der Waals surface area (Å²) in [6.07, 6.45) is 0.781. The predicted molar refractivity (Wildman–Crippen MR) is 115 cm³/mol. The Hall–Kier alpha value is -2.84. The predicted octanol–water partition coefficient (Wildman–Crippen LogP) is 3.92. The number of amides is 1. The second kappa shape index (κ2) is 9.58. The Labute approximate surface area is 174 Å². The van der Waals surface area contributed by atoms with Crippen molar-refractivity contribution in [3.63, 3.8) is 0 Å². The lowest BCUT2D eigenvalue weighted by Gasteiger charge is -2.10. The number of hydrogen-bond acceptors (Lipinski definition) is 5. The Kier molecular flexibility index (Phi) is 6.90. The van der Waals surface area contributed by atoms with Gasteiger partial charge >= 0.3 is 0 Å². The van der Waals surface area contributed by atoms with Crippen molar-refractivity contribution in [1.29, 1.82) is 0 Å². The Morgan fingerprint density at radius 3 is 2.38 bits per heavy atom. The quantitative estimate of drug-likeness (QED) is 0.539. The van der Waals surface area contributed by atoms with Crippen LogP contribution < -0.4 is 14.8 Å². The molecule has 0 radical (unpaired) electrons. The average Bonchev–Trinajstić information content (AvgIpc) is 3.22. The molecule has 0 fully saturated rings. The molecule has 0 unspecified atom stereocenters. The Morgan fingerprint density at radius 1 is 1.03 bits per heavy atom. The number of carbonyl (C=O) groups excluding carboxylic acids is 1. The highest BCUT2D eigenvalue weighted by atomic mass is 32.2. The van der Waals surface area contributed by atoms with Crippen molar-refractivity contribution in [2.24, 2.45) is 0 Å². The Balaban J connectivity index is 1.58. The van der Waals surface area contributed by atoms with E-state index in [1.165, 1.54) is 17.0 Å². The maximum absolute atomic E-state index is 12.5. The first kappa shape index (κ1) is 20.9. The molecule has 6 nitrogen and oxygen atoms in total. The molecule has 29 heavy (non-hydrogen) atoms. The van der Waals surface area contributed by atoms with Crippen molar-refractivity contribution in [2.45, 2.75) is 18.2 Å². The standard InChI is InChI=1S/C21H22N2O4S2/c1-2-27-18-9-11-20(12-10-18)29(25,26)23-17-7-5-16(6-8-17)21(24)22-14-13-19-4-3-15-28-19/h3-12,15,23H,2,13-14H2,1H3,(H,22,24). The molecule has 152 valence electrons. The summed E-state index contributed by atoms with van der Waals surface area (Å²) >= 11 is 1.66. The van der Waals surface area contributed by atoms with Gasteiger partial charge in [-0.05, 0) is 73.3 Å². The molecule has 1 heterocycles. The van der Waals surface area contributed by atoms with Gasteiger partial charge < -0.3 is 10.1 Å². The molecule has 2 aromatic carbocycles. The highest BCUT2D eigenvalue weighted by Crippen LogP contribution is 2.20. The molecule has 0 saturated heterocycles. The first-order chi connectivity index (χ1) is 14.0. The highest BCUT2D eigenvalue weighted by Gasteiger charge is 2.14. The zero-order valence-corrected chi connectivity index (χ0v) is 17.6. The molecule has 0 aliphatic carbocycles. The van der Waals surface area contributed by atoms with E-state index in [1.54, 1.807) is 47.7 Å². The number of thiophene rings is 1. The van der Waals surface area contributed by atoms with Crippen LogP contribution in [0.1, 0.15) is 22.2 Å². The van der Waals surface area contributed by atoms with Crippen molar-refractivity contribution in [2.75, 3.05) is 17.9 Å². The maximum Gasteiger partial charge on any atom is 0.261 e. The second-order valence-electron chi connectivity index (χ2n) is 6.17. The van der Waals surface area contributed by atoms with E-state index in [0.29, 0.717) is 30.2 Å². The molecule has 0 atom stereocenters. The van der Waals surface area contributed by atoms with Gasteiger partial charge in [0.15, 0.2) is 0 Å². The van der Waals surface area contributed by atoms with Gasteiger partial charge in [0.25, 0.3) is 15.9 Å². The molecular weight excluding hydrogens is 408 g/mol. The van der Waals surface area contributed by atoms with Crippen LogP contribution in [0, 0.1) is 0 Å². The van der Waals surface area contributed by atoms with Crippen LogP contribution in [0.5, 0.6) is 5.75 Å². The maximum atomic E-state index is 12.5. The van der Waals surface area contributed by atoms with Crippen LogP contribution >= 0.6 is 11.3 Å². The third-order valence-corrected chi connectivity index (χ3v) is 6.41. The van der Waals surface area contributed by atoms with Gasteiger partial charge in [0, 0.05) is 22.7 Å². The number of ether oxygens (including phenoxy) is 1. The molecule has 0 bridgehead atoms. The van der Waals surface area contributed by atoms with E-state index in [4.69, 9.17) is 4.74 Å². The minimum Gasteiger partial charge on any atom is -0.494 e. The number of rotatable bonds is 9. The van der Waals surface area contributed by atoms with Crippen molar-refractivity contribution in [3.05, 3.63) is 76.5 Å². The molecule has 0 spiro atoms. The van der Waals surface area contributed by atoms with Crippen molar-refractivity contribution < 1.29 is 17.9 Å². The Bertz CT molecular complexity index is 1030. The van der Waals surface area contributed by atoms with Crippen LogP contribution in [0.25, 0.3) is 0 Å². The van der Waals surface area contributed by atoms with Gasteiger partial charge in [-0.1, -0.05) is 6.07 Å². The average molecular weight is 431 g/mol. The van der Waals surface area contributed by atoms with E-state index in [-0.39, 0.29) is 10.8 Å². The fourth-order valence-corrected chi connectivity index (χ4v) is 4.41. The number of hydrogen-bond donors (Lipinski definition) is 2. The summed E-state index contributed by atoms with van der Waals surface area (Å²) in [7, 11) is -3.72. The van der Waals surface area contributed by atoms with E-state index < -0.39 is 10.0 Å². The van der Waals surface area contributed by atoms with Crippen LogP contribution in [-0.2, 0) is 16.4 Å². The van der Waals surface area contributed by atoms with E-state index in [9.17, 15) is 13.2 Å². The largest absolute Gasteiger partial charge is 0.494 e. The van der Waals surface area contributed by atoms with Gasteiger partial charge in [0.05, 0.1) is 11.5 Å². The van der Waals surface area contributed by atoms with E-state index in [0.717, 1.165) is 6.42 Å². The number of benzene rings is 2. The van der Waals surface area contributed by atoms with Gasteiger partial charge in [-0.25, -0.2) is 8.42 Å². The van der Waals surface area contributed by atoms with E-state index in [1.807, 2.05) is 24.4 Å². The minimum absolute atomic E-state index is 0.136. The molecule has 0 aliphatic rings. The fourth-order valence-electron chi connectivity index (χ4n) is 2.64. The van der Waals surface area contributed by atoms with Gasteiger partial charge in [-0.3, -0.25) is 9.52 Å². The molecule has 0 saturated carbocycles. The molecule has 3 rings (SSSR count). The Morgan fingerprint density at radius 2 is 1.76 bits per heavy atom. The molecular formula is C21H22N2O4S2. The van der Waals surface area contributed by atoms with Gasteiger partial charge in [-0.15, -0.1) is 11.3 Å². The lowest BCUT2D eigenvalue weighted by Crippen LogP contribution is -2.25. The lowest BCUT2D eigenvalue weighted by molar-refractivity contribution is 0.0954. The number of sulfonamides is 1. The highest BCUT2D eigenvalue weighted by molar-refractivity contribution is 7.92. The first-order valence-electron chi connectivity index (χ1n) is 9.14. The lowest BCUT2D eigenvalue weighted by atomic mass is 10.2. The zero-order valence-electron chi connectivity index (χ0n) is 15.9. The van der Waals surface area contributed by atoms with Crippen LogP contribution in [0.2, 0.25) is 0 Å². The van der Waals surface area contributed by atoms with Crippen LogP contribution in [0.3, 0.4) is 0 Å². The third kappa shape index (κ3) is 5.82. The minimum atomic E-state index is -3.72. The smallest absolute Gasteiger partial charge is 0.261 e. The number of nitrogens with one attached hydrogen (secondary N) is 2. The topological polar surface area (TPSA) is 84.5 Å². The summed E-state index contributed by atoms with van der Waals surface area (Å²) < 4.78 is 32.9. The summed E-state index contributed by atoms with van der Waals surface area (Å²) in [6.45, 7) is 2.92. The first-order valence-corrected chi connectivity index (χ1v) is 11.5. The summed E-state index contributed by atoms with van der Waals surface area (Å²) in [5.74, 6) is 0.420. The molecule has 1 aromatic heterocycles. The SMILES string of the molecule is CCOc1ccc(S(=O)(=O)Nc2ccc(C(=O)NCCc3cccs3)cc2)cc1. The van der Waals surface area contributed by atoms with Crippen LogP contribution in [0.15, 0.2) is 70.9 Å². The molecule has 3 aromatic rings. The second-order valence-corrected chi connectivity index (χ2v) is 8.89. The molecule has 0 aliphatic heterocycles. The van der Waals surface area contributed by atoms with Crippen LogP contribution in [0.4, 0.5) is 5.69 Å². The normalized spacial score (nSPS) is 11.1. The third-order valence-electron chi connectivity index (χ3n) is 4.08. The van der Waals surface area contributed by atoms with Crippen molar-refractivity contribution >= 4 is 33.0 Å². The van der Waals surface area contributed by atoms with Crippen LogP contribution in [-0.4, -0.2) is 27.5 Å². The summed E-state index contributed by atoms with van der Waals surface area (Å²) in [4.78, 5) is 13.6. The summed E-state index contributed by atoms with van der Waals surface area (Å²) in [6, 6.07) is 16.5. The number of anilines is 1. The van der Waals surface area contributed by atoms with E-state index >= 15 is 0 Å². The fraction of sp³-hybridized carbons (Fsp3) is 0.190. The summed E-state index contributed by atoms with van der Waals surface area (Å²) in [5, 5.41) is 4.87. The summed E-state index contributed by atoms with van der Waals surface area (Å²) in [5.41, 5.74) is 0.856. The van der Waals surface area contributed by atoms with Gasteiger partial charge in [0.2, 0.25) is 0 Å². The van der Waals surface area contributed by atoms with Gasteiger partial charge in [0.1, 0.15) is 5.75 Å².